The number of rotatable bonds is 10. The smallest absolute Gasteiger partial charge is 0.386 e. The maximum Gasteiger partial charge on any atom is 0.391 e. The van der Waals surface area contributed by atoms with Gasteiger partial charge in [-0.15, -0.1) is 11.8 Å². The third-order valence-electron chi connectivity index (χ3n) is 8.45. The lowest BCUT2D eigenvalue weighted by molar-refractivity contribution is -0.183. The molecule has 3 fully saturated rings. The molecule has 5 atom stereocenters. The lowest BCUT2D eigenvalue weighted by Gasteiger charge is -2.45. The predicted molar refractivity (Wildman–Crippen MR) is 148 cm³/mol. The van der Waals surface area contributed by atoms with E-state index < -0.39 is 47.5 Å². The summed E-state index contributed by atoms with van der Waals surface area (Å²) >= 11 is 1.47. The SMILES string of the molecule is CC(SC1COC(/C=C/C=C/C=C/C2CCC(C(F)(F)F)CC2)OC1)C(O)(Cn1cncn1)C1CCC(F)CC1F. The van der Waals surface area contributed by atoms with Gasteiger partial charge in [0.1, 0.15) is 30.6 Å². The molecular weight excluding hydrogens is 565 g/mol. The molecule has 230 valence electrons. The lowest BCUT2D eigenvalue weighted by atomic mass is 9.73. The van der Waals surface area contributed by atoms with Crippen molar-refractivity contribution in [2.24, 2.45) is 17.8 Å². The molecule has 2 aliphatic carbocycles. The molecule has 1 N–H and O–H groups in total. The summed E-state index contributed by atoms with van der Waals surface area (Å²) in [6, 6.07) is 0. The van der Waals surface area contributed by atoms with Crippen LogP contribution in [0.1, 0.15) is 51.9 Å². The van der Waals surface area contributed by atoms with Gasteiger partial charge in [-0.05, 0) is 50.5 Å². The van der Waals surface area contributed by atoms with Crippen LogP contribution in [-0.4, -0.2) is 74.0 Å². The van der Waals surface area contributed by atoms with Crippen molar-refractivity contribution in [3.8, 4) is 0 Å². The topological polar surface area (TPSA) is 69.4 Å². The Hall–Kier alpha value is -1.76. The average molecular weight is 606 g/mol. The number of nitrogens with zero attached hydrogens (tertiary/aromatic N) is 3. The van der Waals surface area contributed by atoms with E-state index in [1.54, 1.807) is 12.2 Å². The molecule has 0 bridgehead atoms. The summed E-state index contributed by atoms with van der Waals surface area (Å²) < 4.78 is 80.3. The molecule has 3 aliphatic rings. The fourth-order valence-corrected chi connectivity index (χ4v) is 7.37. The van der Waals surface area contributed by atoms with Crippen LogP contribution in [0.5, 0.6) is 0 Å². The minimum absolute atomic E-state index is 0.0542. The molecule has 1 aliphatic heterocycles. The van der Waals surface area contributed by atoms with Crippen LogP contribution < -0.4 is 0 Å². The second kappa shape index (κ2) is 14.6. The molecule has 1 aromatic rings. The summed E-state index contributed by atoms with van der Waals surface area (Å²) in [5.74, 6) is -1.72. The standard InChI is InChI=1S/C29H40F5N3O3S/c1-20(28(38,17-37-19-35-18-36-37)25-13-12-23(30)14-26(25)31)41-24-15-39-27(40-16-24)7-5-3-2-4-6-21-8-10-22(11-9-21)29(32,33)34/h2-7,18-27,38H,8-17H2,1H3/b3-2+,6-4+,7-5+. The fraction of sp³-hybridized carbons (Fsp3) is 0.724. The van der Waals surface area contributed by atoms with Crippen LogP contribution in [0, 0.1) is 17.8 Å². The van der Waals surface area contributed by atoms with E-state index in [0.29, 0.717) is 26.1 Å². The first-order valence-corrected chi connectivity index (χ1v) is 15.3. The normalized spacial score (nSPS) is 34.4. The predicted octanol–water partition coefficient (Wildman–Crippen LogP) is 6.39. The van der Waals surface area contributed by atoms with Gasteiger partial charge >= 0.3 is 6.18 Å². The highest BCUT2D eigenvalue weighted by Crippen LogP contribution is 2.43. The average Bonchev–Trinajstić information content (AvgIpc) is 3.44. The maximum atomic E-state index is 15.0. The molecule has 2 heterocycles. The zero-order chi connectivity index (χ0) is 29.5. The number of aliphatic hydroxyl groups is 1. The number of aromatic nitrogens is 3. The van der Waals surface area contributed by atoms with Crippen molar-refractivity contribution in [3.63, 3.8) is 0 Å². The third kappa shape index (κ3) is 9.11. The first-order valence-electron chi connectivity index (χ1n) is 14.3. The van der Waals surface area contributed by atoms with Crippen LogP contribution in [0.2, 0.25) is 0 Å². The molecule has 1 aromatic heterocycles. The van der Waals surface area contributed by atoms with Crippen molar-refractivity contribution in [3.05, 3.63) is 49.1 Å². The Bertz CT molecular complexity index is 1010. The summed E-state index contributed by atoms with van der Waals surface area (Å²) in [5, 5.41) is 15.4. The van der Waals surface area contributed by atoms with Gasteiger partial charge in [0.25, 0.3) is 0 Å². The number of allylic oxidation sites excluding steroid dienone is 5. The Balaban J connectivity index is 1.22. The van der Waals surface area contributed by atoms with Crippen LogP contribution >= 0.6 is 11.8 Å². The van der Waals surface area contributed by atoms with Crippen molar-refractivity contribution in [2.75, 3.05) is 13.2 Å². The Kier molecular flexibility index (Phi) is 11.5. The number of alkyl halides is 5. The molecule has 1 saturated heterocycles. The van der Waals surface area contributed by atoms with Crippen molar-refractivity contribution in [2.45, 2.75) is 99.3 Å². The van der Waals surface area contributed by atoms with E-state index in [1.807, 2.05) is 31.2 Å². The van der Waals surface area contributed by atoms with Gasteiger partial charge in [0, 0.05) is 17.6 Å². The Labute approximate surface area is 242 Å². The van der Waals surface area contributed by atoms with Crippen molar-refractivity contribution in [1.29, 1.82) is 0 Å². The third-order valence-corrected chi connectivity index (χ3v) is 9.92. The molecule has 41 heavy (non-hydrogen) atoms. The zero-order valence-corrected chi connectivity index (χ0v) is 24.0. The molecule has 12 heteroatoms. The first-order chi connectivity index (χ1) is 19.5. The van der Waals surface area contributed by atoms with Gasteiger partial charge in [0.15, 0.2) is 6.29 Å². The second-order valence-electron chi connectivity index (χ2n) is 11.4. The molecule has 2 saturated carbocycles. The number of hydrogen-bond donors (Lipinski definition) is 1. The van der Waals surface area contributed by atoms with Gasteiger partial charge in [-0.3, -0.25) is 4.68 Å². The monoisotopic (exact) mass is 605 g/mol. The minimum Gasteiger partial charge on any atom is -0.386 e. The van der Waals surface area contributed by atoms with Crippen molar-refractivity contribution in [1.82, 2.24) is 14.8 Å². The van der Waals surface area contributed by atoms with E-state index in [-0.39, 0.29) is 49.8 Å². The fourth-order valence-electron chi connectivity index (χ4n) is 5.99. The summed E-state index contributed by atoms with van der Waals surface area (Å²) in [7, 11) is 0. The van der Waals surface area contributed by atoms with Crippen molar-refractivity contribution >= 4 is 11.8 Å². The molecular formula is C29H40F5N3O3S. The molecule has 0 spiro atoms. The summed E-state index contributed by atoms with van der Waals surface area (Å²) in [6.45, 7) is 2.66. The molecule has 4 rings (SSSR count). The quantitative estimate of drug-likeness (QED) is 0.246. The second-order valence-corrected chi connectivity index (χ2v) is 13.0. The molecule has 5 unspecified atom stereocenters. The largest absolute Gasteiger partial charge is 0.391 e. The van der Waals surface area contributed by atoms with E-state index in [2.05, 4.69) is 10.1 Å². The van der Waals surface area contributed by atoms with Gasteiger partial charge in [-0.1, -0.05) is 37.3 Å². The van der Waals surface area contributed by atoms with Gasteiger partial charge in [-0.2, -0.15) is 18.3 Å². The Morgan fingerprint density at radius 2 is 1.68 bits per heavy atom. The van der Waals surface area contributed by atoms with E-state index in [4.69, 9.17) is 9.47 Å². The molecule has 0 amide bonds. The first kappa shape index (κ1) is 32.2. The highest BCUT2D eigenvalue weighted by Gasteiger charge is 2.49. The van der Waals surface area contributed by atoms with E-state index >= 15 is 0 Å². The number of thioether (sulfide) groups is 1. The van der Waals surface area contributed by atoms with E-state index in [9.17, 15) is 27.1 Å². The molecule has 0 aromatic carbocycles. The van der Waals surface area contributed by atoms with E-state index in [1.165, 1.54) is 29.1 Å². The molecule has 6 nitrogen and oxygen atoms in total. The number of ether oxygens (including phenoxy) is 2. The Morgan fingerprint density at radius 3 is 2.29 bits per heavy atom. The summed E-state index contributed by atoms with van der Waals surface area (Å²) in [4.78, 5) is 3.93. The van der Waals surface area contributed by atoms with Crippen LogP contribution in [0.4, 0.5) is 22.0 Å². The maximum absolute atomic E-state index is 15.0. The highest BCUT2D eigenvalue weighted by atomic mass is 32.2. The molecule has 0 radical (unpaired) electrons. The van der Waals surface area contributed by atoms with Gasteiger partial charge in [0.05, 0.1) is 30.9 Å². The zero-order valence-electron chi connectivity index (χ0n) is 23.2. The Morgan fingerprint density at radius 1 is 1.00 bits per heavy atom. The summed E-state index contributed by atoms with van der Waals surface area (Å²) in [6.07, 6.45) is 8.38. The van der Waals surface area contributed by atoms with Crippen LogP contribution in [0.25, 0.3) is 0 Å². The lowest BCUT2D eigenvalue weighted by Crippen LogP contribution is -2.55. The highest BCUT2D eigenvalue weighted by molar-refractivity contribution is 8.00. The van der Waals surface area contributed by atoms with Gasteiger partial charge in [0.2, 0.25) is 0 Å². The minimum atomic E-state index is -4.09. The van der Waals surface area contributed by atoms with Crippen LogP contribution in [0.3, 0.4) is 0 Å². The summed E-state index contributed by atoms with van der Waals surface area (Å²) in [5.41, 5.74) is -1.47. The van der Waals surface area contributed by atoms with Crippen LogP contribution in [-0.2, 0) is 16.0 Å². The van der Waals surface area contributed by atoms with Gasteiger partial charge in [-0.25, -0.2) is 13.8 Å². The van der Waals surface area contributed by atoms with Gasteiger partial charge < -0.3 is 14.6 Å². The van der Waals surface area contributed by atoms with Crippen LogP contribution in [0.15, 0.2) is 49.1 Å². The van der Waals surface area contributed by atoms with E-state index in [0.717, 1.165) is 0 Å². The van der Waals surface area contributed by atoms with Crippen molar-refractivity contribution < 1.29 is 36.5 Å². The number of hydrogen-bond acceptors (Lipinski definition) is 6. The number of halogens is 5.